The lowest BCUT2D eigenvalue weighted by atomic mass is 9.88. The molecule has 15 rings (SSSR count). The normalized spacial score (nSPS) is 11.8. The number of rotatable bonds is 6. The number of hydrogen-bond acceptors (Lipinski definition) is 3. The van der Waals surface area contributed by atoms with Gasteiger partial charge in [0.2, 0.25) is 5.69 Å². The molecule has 0 bridgehead atoms. The molecule has 15 aromatic rings. The highest BCUT2D eigenvalue weighted by atomic mass is 32.1. The van der Waals surface area contributed by atoms with Gasteiger partial charge >= 0.3 is 0 Å². The molecule has 74 heavy (non-hydrogen) atoms. The highest BCUT2D eigenvalue weighted by Gasteiger charge is 2.33. The molecular formula is C68H38N4S2. The molecule has 6 heteroatoms. The van der Waals surface area contributed by atoms with Crippen LogP contribution in [0.1, 0.15) is 5.56 Å². The second kappa shape index (κ2) is 16.5. The molecule has 0 saturated carbocycles. The fourth-order valence-corrected chi connectivity index (χ4v) is 14.3. The fraction of sp³-hybridized carbons (Fsp3) is 0. The van der Waals surface area contributed by atoms with Gasteiger partial charge in [-0.1, -0.05) is 206 Å². The van der Waals surface area contributed by atoms with E-state index in [-0.39, 0.29) is 0 Å². The van der Waals surface area contributed by atoms with Gasteiger partial charge in [-0.2, -0.15) is 5.26 Å². The van der Waals surface area contributed by atoms with Gasteiger partial charge in [0.05, 0.1) is 55.0 Å². The molecule has 342 valence electrons. The summed E-state index contributed by atoms with van der Waals surface area (Å²) in [5, 5.41) is 21.3. The van der Waals surface area contributed by atoms with Crippen LogP contribution in [-0.2, 0) is 0 Å². The number of fused-ring (bicyclic) bond motifs is 14. The minimum absolute atomic E-state index is 0.412. The molecular weight excluding hydrogens is 937 g/mol. The zero-order valence-electron chi connectivity index (χ0n) is 39.5. The van der Waals surface area contributed by atoms with Crippen molar-refractivity contribution in [2.24, 2.45) is 0 Å². The smallest absolute Gasteiger partial charge is 0.220 e. The maximum absolute atomic E-state index is 12.2. The molecule has 0 aliphatic heterocycles. The molecule has 0 saturated heterocycles. The van der Waals surface area contributed by atoms with Crippen molar-refractivity contribution >= 4 is 112 Å². The largest absolute Gasteiger partial charge is 0.317 e. The molecule has 0 radical (unpaired) electrons. The van der Waals surface area contributed by atoms with E-state index in [9.17, 15) is 11.8 Å². The third kappa shape index (κ3) is 6.11. The summed E-state index contributed by atoms with van der Waals surface area (Å²) < 4.78 is 9.47. The molecule has 0 atom stereocenters. The van der Waals surface area contributed by atoms with Crippen molar-refractivity contribution in [3.8, 4) is 62.0 Å². The standard InChI is InChI=1S/C68H38N4S2/c1-70-62-60(43-22-10-4-11-23-43)55(40-69)63(71-56-38-45(41-18-6-2-7-19-41)30-32-47(56)51-34-36-53-49-26-14-16-28-58(49)73-67(53)64(51)71)61(44-24-12-5-13-25-44)66(62)72-57-39-46(42-20-8-3-9-21-42)31-33-48(57)52-35-37-54-50-27-15-17-29-59(50)74-68(54)65(52)72/h2-39H. The molecule has 0 spiro atoms. The van der Waals surface area contributed by atoms with Crippen molar-refractivity contribution in [3.05, 3.63) is 248 Å². The topological polar surface area (TPSA) is 38.0 Å². The summed E-state index contributed by atoms with van der Waals surface area (Å²) in [6.45, 7) is 9.55. The molecule has 0 aliphatic rings. The molecule has 0 amide bonds. The Bertz CT molecular complexity index is 4620. The van der Waals surface area contributed by atoms with Gasteiger partial charge in [-0.15, -0.1) is 22.7 Å². The maximum atomic E-state index is 12.2. The Morgan fingerprint density at radius 2 is 0.757 bits per heavy atom. The van der Waals surface area contributed by atoms with Crippen molar-refractivity contribution < 1.29 is 0 Å². The van der Waals surface area contributed by atoms with E-state index in [2.05, 4.69) is 214 Å². The SMILES string of the molecule is [C-]#[N+]c1c(-c2ccccc2)c(C#N)c(-n2c3cc(-c4ccccc4)ccc3c3ccc4c5ccccc5sc4c32)c(-c2ccccc2)c1-n1c2cc(-c3ccccc3)ccc2c2ccc3c4ccccc4sc3c21. The molecule has 4 heterocycles. The van der Waals surface area contributed by atoms with Crippen LogP contribution in [0.15, 0.2) is 231 Å². The maximum Gasteiger partial charge on any atom is 0.220 e. The van der Waals surface area contributed by atoms with E-state index in [1.807, 2.05) is 36.4 Å². The summed E-state index contributed by atoms with van der Waals surface area (Å²) in [6, 6.07) is 84.5. The average molecular weight is 975 g/mol. The van der Waals surface area contributed by atoms with Crippen molar-refractivity contribution in [1.29, 1.82) is 5.26 Å². The van der Waals surface area contributed by atoms with E-state index in [4.69, 9.17) is 0 Å². The van der Waals surface area contributed by atoms with Crippen LogP contribution >= 0.6 is 22.7 Å². The van der Waals surface area contributed by atoms with Crippen LogP contribution in [0.5, 0.6) is 0 Å². The second-order valence-electron chi connectivity index (χ2n) is 18.9. The van der Waals surface area contributed by atoms with Crippen LogP contribution in [0.2, 0.25) is 0 Å². The van der Waals surface area contributed by atoms with Gasteiger partial charge in [0.15, 0.2) is 0 Å². The quantitative estimate of drug-likeness (QED) is 0.153. The number of nitrogens with zero attached hydrogens (tertiary/aromatic N) is 4. The Hall–Kier alpha value is -9.56. The Kier molecular flexibility index (Phi) is 9.40. The molecule has 0 N–H and O–H groups in total. The molecule has 11 aromatic carbocycles. The van der Waals surface area contributed by atoms with E-state index >= 15 is 0 Å². The van der Waals surface area contributed by atoms with Crippen molar-refractivity contribution in [2.75, 3.05) is 0 Å². The summed E-state index contributed by atoms with van der Waals surface area (Å²) in [5.41, 5.74) is 13.7. The number of hydrogen-bond donors (Lipinski definition) is 0. The van der Waals surface area contributed by atoms with Crippen LogP contribution in [0.3, 0.4) is 0 Å². The summed E-state index contributed by atoms with van der Waals surface area (Å²) in [7, 11) is 0. The van der Waals surface area contributed by atoms with Gasteiger partial charge in [0.1, 0.15) is 6.07 Å². The van der Waals surface area contributed by atoms with Gasteiger partial charge in [0.25, 0.3) is 0 Å². The van der Waals surface area contributed by atoms with Gasteiger partial charge in [0, 0.05) is 63.6 Å². The Labute approximate surface area is 433 Å². The lowest BCUT2D eigenvalue weighted by molar-refractivity contribution is 1.14. The van der Waals surface area contributed by atoms with Gasteiger partial charge in [-0.3, -0.25) is 0 Å². The van der Waals surface area contributed by atoms with Gasteiger partial charge < -0.3 is 9.13 Å². The number of aromatic nitrogens is 2. The lowest BCUT2D eigenvalue weighted by Crippen LogP contribution is -2.09. The summed E-state index contributed by atoms with van der Waals surface area (Å²) in [4.78, 5) is 4.67. The van der Waals surface area contributed by atoms with Crippen molar-refractivity contribution in [2.45, 2.75) is 0 Å². The number of benzene rings is 11. The zero-order chi connectivity index (χ0) is 49.0. The first-order valence-electron chi connectivity index (χ1n) is 24.7. The third-order valence-corrected chi connectivity index (χ3v) is 17.4. The minimum Gasteiger partial charge on any atom is -0.317 e. The Morgan fingerprint density at radius 3 is 1.22 bits per heavy atom. The van der Waals surface area contributed by atoms with E-state index in [1.165, 1.54) is 20.2 Å². The summed E-state index contributed by atoms with van der Waals surface area (Å²) in [6.07, 6.45) is 0. The first-order chi connectivity index (χ1) is 36.7. The zero-order valence-corrected chi connectivity index (χ0v) is 41.2. The average Bonchev–Trinajstić information content (AvgIpc) is 4.23. The Morgan fingerprint density at radius 1 is 0.365 bits per heavy atom. The first kappa shape index (κ1) is 42.2. The monoisotopic (exact) mass is 974 g/mol. The van der Waals surface area contributed by atoms with Crippen LogP contribution < -0.4 is 0 Å². The van der Waals surface area contributed by atoms with E-state index in [0.717, 1.165) is 114 Å². The van der Waals surface area contributed by atoms with E-state index < -0.39 is 0 Å². The predicted molar refractivity (Wildman–Crippen MR) is 314 cm³/mol. The van der Waals surface area contributed by atoms with Crippen LogP contribution in [-0.4, -0.2) is 9.13 Å². The number of thiophene rings is 2. The molecule has 4 aromatic heterocycles. The van der Waals surface area contributed by atoms with Gasteiger partial charge in [-0.25, -0.2) is 4.85 Å². The van der Waals surface area contributed by atoms with Crippen LogP contribution in [0, 0.1) is 17.9 Å². The number of nitriles is 1. The molecule has 0 unspecified atom stereocenters. The second-order valence-corrected chi connectivity index (χ2v) is 21.0. The molecule has 4 nitrogen and oxygen atoms in total. The molecule has 0 aliphatic carbocycles. The summed E-state index contributed by atoms with van der Waals surface area (Å²) in [5.74, 6) is 0. The minimum atomic E-state index is 0.412. The lowest BCUT2D eigenvalue weighted by Gasteiger charge is -2.26. The highest BCUT2D eigenvalue weighted by Crippen LogP contribution is 2.55. The predicted octanol–water partition coefficient (Wildman–Crippen LogP) is 19.7. The van der Waals surface area contributed by atoms with E-state index in [1.54, 1.807) is 22.7 Å². The summed E-state index contributed by atoms with van der Waals surface area (Å²) >= 11 is 3.58. The Balaban J connectivity index is 1.23. The van der Waals surface area contributed by atoms with Gasteiger partial charge in [-0.05, 0) is 57.6 Å². The van der Waals surface area contributed by atoms with Crippen LogP contribution in [0.25, 0.3) is 145 Å². The van der Waals surface area contributed by atoms with E-state index in [0.29, 0.717) is 16.8 Å². The van der Waals surface area contributed by atoms with Crippen LogP contribution in [0.4, 0.5) is 5.69 Å². The first-order valence-corrected chi connectivity index (χ1v) is 26.3. The van der Waals surface area contributed by atoms with Crippen molar-refractivity contribution in [1.82, 2.24) is 9.13 Å². The highest BCUT2D eigenvalue weighted by molar-refractivity contribution is 7.27. The van der Waals surface area contributed by atoms with Crippen molar-refractivity contribution in [3.63, 3.8) is 0 Å². The third-order valence-electron chi connectivity index (χ3n) is 15.0. The fourth-order valence-electron chi connectivity index (χ4n) is 11.8. The molecule has 0 fully saturated rings.